The molecule has 1 fully saturated rings. The molecule has 1 atom stereocenters. The summed E-state index contributed by atoms with van der Waals surface area (Å²) in [6.45, 7) is 2.18. The van der Waals surface area contributed by atoms with E-state index in [1.807, 2.05) is 0 Å². The van der Waals surface area contributed by atoms with Gasteiger partial charge in [0.1, 0.15) is 12.7 Å². The summed E-state index contributed by atoms with van der Waals surface area (Å²) in [7, 11) is 0. The SMILES string of the molecule is C=C(COCCC(F)(F)C(F)F)C(=O)OC1COC(=O)C1. The third-order valence-corrected chi connectivity index (χ3v) is 2.56. The van der Waals surface area contributed by atoms with Crippen molar-refractivity contribution >= 4 is 11.9 Å². The van der Waals surface area contributed by atoms with Crippen LogP contribution in [0.5, 0.6) is 0 Å². The van der Waals surface area contributed by atoms with Crippen molar-refractivity contribution < 1.29 is 41.4 Å². The van der Waals surface area contributed by atoms with E-state index < -0.39 is 50.0 Å². The lowest BCUT2D eigenvalue weighted by Gasteiger charge is -2.15. The second-order valence-electron chi connectivity index (χ2n) is 4.38. The minimum absolute atomic E-state index is 0.0562. The topological polar surface area (TPSA) is 61.8 Å². The summed E-state index contributed by atoms with van der Waals surface area (Å²) in [6.07, 6.45) is -5.72. The standard InChI is InChI=1S/C12H14F4O5/c1-7(5-19-3-2-12(15,16)11(13)14)10(18)21-8-4-9(17)20-6-8/h8,11H,1-6H2. The third-order valence-electron chi connectivity index (χ3n) is 2.56. The Balaban J connectivity index is 2.21. The zero-order chi connectivity index (χ0) is 16.0. The van der Waals surface area contributed by atoms with Gasteiger partial charge in [0.15, 0.2) is 0 Å². The molecule has 1 aliphatic heterocycles. The van der Waals surface area contributed by atoms with Gasteiger partial charge >= 0.3 is 24.3 Å². The second-order valence-corrected chi connectivity index (χ2v) is 4.38. The molecule has 0 bridgehead atoms. The number of halogens is 4. The molecule has 1 aliphatic rings. The molecule has 5 nitrogen and oxygen atoms in total. The van der Waals surface area contributed by atoms with Crippen molar-refractivity contribution in [3.05, 3.63) is 12.2 Å². The van der Waals surface area contributed by atoms with E-state index in [1.54, 1.807) is 0 Å². The maximum Gasteiger partial charge on any atom is 0.336 e. The van der Waals surface area contributed by atoms with Gasteiger partial charge in [-0.3, -0.25) is 4.79 Å². The Labute approximate surface area is 117 Å². The van der Waals surface area contributed by atoms with Gasteiger partial charge in [0.05, 0.1) is 25.2 Å². The number of carbonyl (C=O) groups excluding carboxylic acids is 2. The van der Waals surface area contributed by atoms with Gasteiger partial charge in [-0.05, 0) is 0 Å². The summed E-state index contributed by atoms with van der Waals surface area (Å²) in [5, 5.41) is 0. The predicted octanol–water partition coefficient (Wildman–Crippen LogP) is 1.71. The highest BCUT2D eigenvalue weighted by molar-refractivity contribution is 5.88. The van der Waals surface area contributed by atoms with Crippen LogP contribution in [-0.2, 0) is 23.8 Å². The highest BCUT2D eigenvalue weighted by atomic mass is 19.3. The van der Waals surface area contributed by atoms with Crippen LogP contribution in [0.3, 0.4) is 0 Å². The zero-order valence-electron chi connectivity index (χ0n) is 11.0. The van der Waals surface area contributed by atoms with Gasteiger partial charge in [-0.25, -0.2) is 22.4 Å². The second kappa shape index (κ2) is 7.39. The van der Waals surface area contributed by atoms with Gasteiger partial charge in [-0.2, -0.15) is 0 Å². The molecular formula is C12H14F4O5. The number of hydrogen-bond donors (Lipinski definition) is 0. The number of cyclic esters (lactones) is 1. The van der Waals surface area contributed by atoms with E-state index in [0.29, 0.717) is 0 Å². The maximum absolute atomic E-state index is 12.5. The number of carbonyl (C=O) groups is 2. The van der Waals surface area contributed by atoms with Crippen LogP contribution in [0.15, 0.2) is 12.2 Å². The van der Waals surface area contributed by atoms with Gasteiger partial charge in [0, 0.05) is 6.42 Å². The molecule has 0 saturated carbocycles. The van der Waals surface area contributed by atoms with Crippen LogP contribution in [-0.4, -0.2) is 50.2 Å². The first kappa shape index (κ1) is 17.4. The Morgan fingerprint density at radius 1 is 1.48 bits per heavy atom. The van der Waals surface area contributed by atoms with Crippen molar-refractivity contribution in [3.8, 4) is 0 Å². The van der Waals surface area contributed by atoms with Crippen LogP contribution in [0, 0.1) is 0 Å². The van der Waals surface area contributed by atoms with E-state index in [9.17, 15) is 27.2 Å². The molecule has 0 radical (unpaired) electrons. The summed E-state index contributed by atoms with van der Waals surface area (Å²) < 4.78 is 62.9. The quantitative estimate of drug-likeness (QED) is 0.295. The lowest BCUT2D eigenvalue weighted by Crippen LogP contribution is -2.28. The van der Waals surface area contributed by atoms with Crippen LogP contribution in [0.25, 0.3) is 0 Å². The van der Waals surface area contributed by atoms with E-state index >= 15 is 0 Å². The van der Waals surface area contributed by atoms with E-state index in [1.165, 1.54) is 0 Å². The normalized spacial score (nSPS) is 18.7. The Morgan fingerprint density at radius 2 is 2.14 bits per heavy atom. The lowest BCUT2D eigenvalue weighted by molar-refractivity contribution is -0.146. The van der Waals surface area contributed by atoms with Crippen molar-refractivity contribution in [2.75, 3.05) is 19.8 Å². The largest absolute Gasteiger partial charge is 0.462 e. The molecule has 0 amide bonds. The fourth-order valence-corrected chi connectivity index (χ4v) is 1.37. The van der Waals surface area contributed by atoms with Crippen LogP contribution < -0.4 is 0 Å². The number of alkyl halides is 4. The molecule has 0 aromatic rings. The van der Waals surface area contributed by atoms with Crippen molar-refractivity contribution in [2.45, 2.75) is 31.3 Å². The van der Waals surface area contributed by atoms with Crippen LogP contribution in [0.2, 0.25) is 0 Å². The average Bonchev–Trinajstić information content (AvgIpc) is 2.79. The van der Waals surface area contributed by atoms with Crippen molar-refractivity contribution in [3.63, 3.8) is 0 Å². The Morgan fingerprint density at radius 3 is 2.67 bits per heavy atom. The van der Waals surface area contributed by atoms with E-state index in [0.717, 1.165) is 0 Å². The number of ether oxygens (including phenoxy) is 3. The van der Waals surface area contributed by atoms with Crippen LogP contribution in [0.4, 0.5) is 17.6 Å². The first-order valence-corrected chi connectivity index (χ1v) is 6.00. The van der Waals surface area contributed by atoms with E-state index in [4.69, 9.17) is 4.74 Å². The summed E-state index contributed by atoms with van der Waals surface area (Å²) in [5.41, 5.74) is -0.172. The molecule has 0 N–H and O–H groups in total. The summed E-state index contributed by atoms with van der Waals surface area (Å²) in [4.78, 5) is 22.2. The zero-order valence-corrected chi connectivity index (χ0v) is 11.0. The minimum Gasteiger partial charge on any atom is -0.462 e. The fourth-order valence-electron chi connectivity index (χ4n) is 1.37. The molecule has 0 aromatic heterocycles. The number of esters is 2. The summed E-state index contributed by atoms with van der Waals surface area (Å²) >= 11 is 0. The van der Waals surface area contributed by atoms with Crippen molar-refractivity contribution in [1.82, 2.24) is 0 Å². The Hall–Kier alpha value is -1.64. The molecule has 1 saturated heterocycles. The molecule has 0 aromatic carbocycles. The summed E-state index contributed by atoms with van der Waals surface area (Å²) in [5.74, 6) is -5.49. The first-order chi connectivity index (χ1) is 9.72. The molecule has 1 rings (SSSR count). The lowest BCUT2D eigenvalue weighted by atomic mass is 10.2. The van der Waals surface area contributed by atoms with E-state index in [2.05, 4.69) is 16.1 Å². The van der Waals surface area contributed by atoms with E-state index in [-0.39, 0.29) is 18.6 Å². The molecule has 9 heteroatoms. The van der Waals surface area contributed by atoms with Gasteiger partial charge in [0.2, 0.25) is 0 Å². The maximum atomic E-state index is 12.5. The first-order valence-electron chi connectivity index (χ1n) is 6.00. The minimum atomic E-state index is -4.14. The molecule has 1 heterocycles. The molecule has 0 spiro atoms. The van der Waals surface area contributed by atoms with Gasteiger partial charge in [-0.15, -0.1) is 0 Å². The van der Waals surface area contributed by atoms with Crippen molar-refractivity contribution in [1.29, 1.82) is 0 Å². The number of rotatable bonds is 8. The predicted molar refractivity (Wildman–Crippen MR) is 61.0 cm³/mol. The highest BCUT2D eigenvalue weighted by Gasteiger charge is 2.40. The average molecular weight is 314 g/mol. The third kappa shape index (κ3) is 5.70. The van der Waals surface area contributed by atoms with Crippen molar-refractivity contribution in [2.24, 2.45) is 0 Å². The van der Waals surface area contributed by atoms with Gasteiger partial charge in [-0.1, -0.05) is 6.58 Å². The highest BCUT2D eigenvalue weighted by Crippen LogP contribution is 2.26. The Bertz CT molecular complexity index is 410. The molecule has 1 unspecified atom stereocenters. The van der Waals surface area contributed by atoms with Crippen LogP contribution in [0.1, 0.15) is 12.8 Å². The molecular weight excluding hydrogens is 300 g/mol. The monoisotopic (exact) mass is 314 g/mol. The molecule has 0 aliphatic carbocycles. The summed E-state index contributed by atoms with van der Waals surface area (Å²) in [6, 6.07) is 0. The Kier molecular flexibility index (Phi) is 6.13. The fraction of sp³-hybridized carbons (Fsp3) is 0.667. The molecule has 120 valence electrons. The van der Waals surface area contributed by atoms with Crippen LogP contribution >= 0.6 is 0 Å². The number of hydrogen-bond acceptors (Lipinski definition) is 5. The molecule has 21 heavy (non-hydrogen) atoms. The van der Waals surface area contributed by atoms with Gasteiger partial charge in [0.25, 0.3) is 0 Å². The smallest absolute Gasteiger partial charge is 0.336 e. The van der Waals surface area contributed by atoms with Gasteiger partial charge < -0.3 is 14.2 Å².